The maximum atomic E-state index is 10.4. The minimum absolute atomic E-state index is 0.335. The molecule has 2 rings (SSSR count). The summed E-state index contributed by atoms with van der Waals surface area (Å²) < 4.78 is 0. The van der Waals surface area contributed by atoms with Crippen LogP contribution >= 0.6 is 0 Å². The summed E-state index contributed by atoms with van der Waals surface area (Å²) in [7, 11) is 0. The largest absolute Gasteiger partial charge is 0.481 e. The molecule has 3 heteroatoms. The predicted octanol–water partition coefficient (Wildman–Crippen LogP) is 2.51. The molecule has 0 bridgehead atoms. The second-order valence-corrected chi connectivity index (χ2v) is 5.29. The Morgan fingerprint density at radius 1 is 1.19 bits per heavy atom. The average molecular weight is 225 g/mol. The highest BCUT2D eigenvalue weighted by Gasteiger charge is 2.34. The van der Waals surface area contributed by atoms with E-state index in [-0.39, 0.29) is 0 Å². The van der Waals surface area contributed by atoms with Gasteiger partial charge in [-0.1, -0.05) is 12.8 Å². The molecule has 0 amide bonds. The molecule has 0 radical (unpaired) electrons. The quantitative estimate of drug-likeness (QED) is 0.731. The van der Waals surface area contributed by atoms with Gasteiger partial charge < -0.3 is 10.0 Å². The van der Waals surface area contributed by atoms with Crippen molar-refractivity contribution in [1.82, 2.24) is 4.90 Å². The predicted molar refractivity (Wildman–Crippen MR) is 63.4 cm³/mol. The molecule has 92 valence electrons. The molecule has 1 saturated heterocycles. The molecule has 1 aliphatic heterocycles. The number of unbranched alkanes of at least 4 members (excludes halogenated alkanes) is 1. The van der Waals surface area contributed by atoms with Crippen molar-refractivity contribution in [3.05, 3.63) is 0 Å². The van der Waals surface area contributed by atoms with E-state index in [4.69, 9.17) is 5.11 Å². The Bertz CT molecular complexity index is 242. The lowest BCUT2D eigenvalue weighted by Gasteiger charge is -2.31. The van der Waals surface area contributed by atoms with E-state index >= 15 is 0 Å². The molecule has 16 heavy (non-hydrogen) atoms. The van der Waals surface area contributed by atoms with Gasteiger partial charge in [-0.15, -0.1) is 0 Å². The summed E-state index contributed by atoms with van der Waals surface area (Å²) in [6.45, 7) is 2.37. The number of likely N-dealkylation sites (tertiary alicyclic amines) is 1. The van der Waals surface area contributed by atoms with Crippen LogP contribution in [0.3, 0.4) is 0 Å². The smallest absolute Gasteiger partial charge is 0.303 e. The zero-order chi connectivity index (χ0) is 11.4. The fourth-order valence-electron chi connectivity index (χ4n) is 3.37. The van der Waals surface area contributed by atoms with Gasteiger partial charge in [0.2, 0.25) is 0 Å². The molecule has 1 aliphatic carbocycles. The summed E-state index contributed by atoms with van der Waals surface area (Å²) in [5.74, 6) is 0.296. The molecule has 1 N–H and O–H groups in total. The Kier molecular flexibility index (Phi) is 4.22. The first-order valence-corrected chi connectivity index (χ1v) is 6.73. The highest BCUT2D eigenvalue weighted by Crippen LogP contribution is 2.36. The van der Waals surface area contributed by atoms with Crippen molar-refractivity contribution < 1.29 is 9.90 Å². The molecular weight excluding hydrogens is 202 g/mol. The van der Waals surface area contributed by atoms with Crippen LogP contribution in [0.5, 0.6) is 0 Å². The number of hydrogen-bond donors (Lipinski definition) is 1. The number of carboxylic acid groups (broad SMARTS) is 1. The number of aliphatic carboxylic acids is 1. The third-order valence-corrected chi connectivity index (χ3v) is 4.21. The van der Waals surface area contributed by atoms with Gasteiger partial charge in [-0.2, -0.15) is 0 Å². The zero-order valence-electron chi connectivity index (χ0n) is 10.0. The van der Waals surface area contributed by atoms with Gasteiger partial charge in [-0.05, 0) is 51.1 Å². The van der Waals surface area contributed by atoms with E-state index in [9.17, 15) is 4.79 Å². The van der Waals surface area contributed by atoms with Gasteiger partial charge in [0.25, 0.3) is 0 Å². The minimum atomic E-state index is -0.656. The summed E-state index contributed by atoms with van der Waals surface area (Å²) in [6, 6.07) is 0.832. The van der Waals surface area contributed by atoms with Crippen LogP contribution < -0.4 is 0 Å². The van der Waals surface area contributed by atoms with Gasteiger partial charge in [0, 0.05) is 12.5 Å². The Hall–Kier alpha value is -0.570. The topological polar surface area (TPSA) is 40.5 Å². The van der Waals surface area contributed by atoms with Crippen molar-refractivity contribution >= 4 is 5.97 Å². The van der Waals surface area contributed by atoms with E-state index in [1.165, 1.54) is 38.6 Å². The number of nitrogens with zero attached hydrogens (tertiary/aromatic N) is 1. The van der Waals surface area contributed by atoms with Gasteiger partial charge in [0.1, 0.15) is 0 Å². The normalized spacial score (nSPS) is 30.2. The molecule has 2 unspecified atom stereocenters. The third kappa shape index (κ3) is 2.97. The van der Waals surface area contributed by atoms with E-state index in [2.05, 4.69) is 4.90 Å². The highest BCUT2D eigenvalue weighted by molar-refractivity contribution is 5.66. The summed E-state index contributed by atoms with van der Waals surface area (Å²) >= 11 is 0. The van der Waals surface area contributed by atoms with Crippen molar-refractivity contribution in [2.75, 3.05) is 13.1 Å². The van der Waals surface area contributed by atoms with E-state index in [0.717, 1.165) is 31.3 Å². The highest BCUT2D eigenvalue weighted by atomic mass is 16.4. The number of hydrogen-bond acceptors (Lipinski definition) is 2. The van der Waals surface area contributed by atoms with Gasteiger partial charge in [-0.25, -0.2) is 0 Å². The molecule has 1 heterocycles. The lowest BCUT2D eigenvalue weighted by Crippen LogP contribution is -2.35. The van der Waals surface area contributed by atoms with Crippen LogP contribution in [-0.4, -0.2) is 35.1 Å². The molecule has 1 saturated carbocycles. The molecule has 0 aromatic carbocycles. The van der Waals surface area contributed by atoms with Crippen LogP contribution in [0.2, 0.25) is 0 Å². The second kappa shape index (κ2) is 5.67. The molecular formula is C13H23NO2. The van der Waals surface area contributed by atoms with Crippen molar-refractivity contribution in [2.45, 2.75) is 57.4 Å². The Balaban J connectivity index is 1.67. The fourth-order valence-corrected chi connectivity index (χ4v) is 3.37. The number of carboxylic acids is 1. The van der Waals surface area contributed by atoms with E-state index in [1.807, 2.05) is 0 Å². The van der Waals surface area contributed by atoms with Crippen LogP contribution in [0.25, 0.3) is 0 Å². The standard InChI is InChI=1S/C13H23NO2/c15-13(16)7-3-4-9-14-10-8-11-5-1-2-6-12(11)14/h11-12H,1-10H2,(H,15,16). The van der Waals surface area contributed by atoms with E-state index in [1.54, 1.807) is 0 Å². The van der Waals surface area contributed by atoms with Crippen LogP contribution in [0.1, 0.15) is 51.4 Å². The fraction of sp³-hybridized carbons (Fsp3) is 0.923. The van der Waals surface area contributed by atoms with Crippen LogP contribution in [0.15, 0.2) is 0 Å². The first-order valence-electron chi connectivity index (χ1n) is 6.73. The second-order valence-electron chi connectivity index (χ2n) is 5.29. The van der Waals surface area contributed by atoms with Crippen molar-refractivity contribution in [3.8, 4) is 0 Å². The molecule has 0 spiro atoms. The lowest BCUT2D eigenvalue weighted by atomic mass is 9.85. The molecule has 0 aromatic heterocycles. The monoisotopic (exact) mass is 225 g/mol. The summed E-state index contributed by atoms with van der Waals surface area (Å²) in [5, 5.41) is 8.58. The lowest BCUT2D eigenvalue weighted by molar-refractivity contribution is -0.137. The molecule has 2 fully saturated rings. The number of rotatable bonds is 5. The SMILES string of the molecule is O=C(O)CCCCN1CCC2CCCCC21. The number of carbonyl (C=O) groups is 1. The molecule has 3 nitrogen and oxygen atoms in total. The Labute approximate surface area is 97.8 Å². The minimum Gasteiger partial charge on any atom is -0.481 e. The van der Waals surface area contributed by atoms with Crippen molar-refractivity contribution in [3.63, 3.8) is 0 Å². The molecule has 2 aliphatic rings. The van der Waals surface area contributed by atoms with Crippen molar-refractivity contribution in [2.24, 2.45) is 5.92 Å². The van der Waals surface area contributed by atoms with Crippen LogP contribution in [-0.2, 0) is 4.79 Å². The van der Waals surface area contributed by atoms with Gasteiger partial charge in [0.05, 0.1) is 0 Å². The summed E-state index contributed by atoms with van der Waals surface area (Å²) in [4.78, 5) is 13.0. The van der Waals surface area contributed by atoms with Gasteiger partial charge >= 0.3 is 5.97 Å². The summed E-state index contributed by atoms with van der Waals surface area (Å²) in [5.41, 5.74) is 0. The van der Waals surface area contributed by atoms with Gasteiger partial charge in [-0.3, -0.25) is 4.79 Å². The molecule has 0 aromatic rings. The third-order valence-electron chi connectivity index (χ3n) is 4.21. The average Bonchev–Trinajstić information content (AvgIpc) is 2.68. The van der Waals surface area contributed by atoms with Crippen LogP contribution in [0.4, 0.5) is 0 Å². The maximum Gasteiger partial charge on any atom is 0.303 e. The van der Waals surface area contributed by atoms with Crippen molar-refractivity contribution in [1.29, 1.82) is 0 Å². The van der Waals surface area contributed by atoms with E-state index < -0.39 is 5.97 Å². The Morgan fingerprint density at radius 2 is 2.00 bits per heavy atom. The van der Waals surface area contributed by atoms with Crippen LogP contribution in [0, 0.1) is 5.92 Å². The number of fused-ring (bicyclic) bond motifs is 1. The van der Waals surface area contributed by atoms with Gasteiger partial charge in [0.15, 0.2) is 0 Å². The van der Waals surface area contributed by atoms with E-state index in [0.29, 0.717) is 6.42 Å². The molecule has 2 atom stereocenters. The summed E-state index contributed by atoms with van der Waals surface area (Å²) in [6.07, 6.45) is 9.23. The first kappa shape index (κ1) is 11.9. The Morgan fingerprint density at radius 3 is 2.81 bits per heavy atom. The first-order chi connectivity index (χ1) is 7.77. The zero-order valence-corrected chi connectivity index (χ0v) is 10.0. The maximum absolute atomic E-state index is 10.4.